The molecule has 0 aliphatic carbocycles. The molecule has 0 saturated carbocycles. The first-order chi connectivity index (χ1) is 13.5. The first kappa shape index (κ1) is 18.7. The van der Waals surface area contributed by atoms with Crippen LogP contribution in [0.2, 0.25) is 0 Å². The Morgan fingerprint density at radius 3 is 2.50 bits per heavy atom. The number of nitrogens with one attached hydrogen (secondary N) is 1. The van der Waals surface area contributed by atoms with Crippen LogP contribution in [-0.2, 0) is 0 Å². The third-order valence-electron chi connectivity index (χ3n) is 4.46. The van der Waals surface area contributed by atoms with E-state index in [0.29, 0.717) is 0 Å². The first-order valence-electron chi connectivity index (χ1n) is 8.71. The van der Waals surface area contributed by atoms with Crippen LogP contribution in [-0.4, -0.2) is 9.38 Å². The number of hydrogen-bond donors (Lipinski definition) is 1. The molecule has 28 heavy (non-hydrogen) atoms. The van der Waals surface area contributed by atoms with Crippen LogP contribution < -0.4 is 5.32 Å². The largest absolute Gasteiger partial charge is 0.350 e. The molecule has 2 heterocycles. The molecule has 1 unspecified atom stereocenters. The number of imidazole rings is 1. The Balaban J connectivity index is 1.87. The van der Waals surface area contributed by atoms with Crippen LogP contribution >= 0.6 is 31.9 Å². The van der Waals surface area contributed by atoms with Gasteiger partial charge in [0.1, 0.15) is 23.2 Å². The first-order valence-corrected chi connectivity index (χ1v) is 10.3. The van der Waals surface area contributed by atoms with E-state index < -0.39 is 6.04 Å². The van der Waals surface area contributed by atoms with Crippen molar-refractivity contribution in [2.45, 2.75) is 13.0 Å². The maximum absolute atomic E-state index is 9.84. The molecule has 4 rings (SSSR count). The molecular formula is C22H16Br2N4. The fourth-order valence-electron chi connectivity index (χ4n) is 3.14. The highest BCUT2D eigenvalue weighted by Crippen LogP contribution is 2.33. The third kappa shape index (κ3) is 3.68. The van der Waals surface area contributed by atoms with E-state index in [1.165, 1.54) is 0 Å². The smallest absolute Gasteiger partial charge is 0.141 e. The summed E-state index contributed by atoms with van der Waals surface area (Å²) in [6.45, 7) is 2.04. The summed E-state index contributed by atoms with van der Waals surface area (Å²) in [4.78, 5) is 4.82. The molecule has 1 N–H and O–H groups in total. The molecule has 0 amide bonds. The highest BCUT2D eigenvalue weighted by atomic mass is 79.9. The standard InChI is InChI=1S/C22H16Br2N4/c1-14-8-9-20-27-21(16-5-3-7-18(24)11-16)22(28(20)13-14)26-19(12-25)15-4-2-6-17(23)10-15/h2-11,13,19,26H,1H3. The lowest BCUT2D eigenvalue weighted by atomic mass is 10.1. The Morgan fingerprint density at radius 1 is 1.04 bits per heavy atom. The lowest BCUT2D eigenvalue weighted by Crippen LogP contribution is -2.11. The number of fused-ring (bicyclic) bond motifs is 1. The molecule has 2 aromatic carbocycles. The number of pyridine rings is 1. The lowest BCUT2D eigenvalue weighted by molar-refractivity contribution is 0.970. The van der Waals surface area contributed by atoms with E-state index in [2.05, 4.69) is 43.2 Å². The minimum Gasteiger partial charge on any atom is -0.350 e. The van der Waals surface area contributed by atoms with Crippen molar-refractivity contribution in [2.24, 2.45) is 0 Å². The van der Waals surface area contributed by atoms with E-state index in [1.807, 2.05) is 78.2 Å². The van der Waals surface area contributed by atoms with Gasteiger partial charge in [-0.2, -0.15) is 5.26 Å². The summed E-state index contributed by atoms with van der Waals surface area (Å²) in [5, 5.41) is 13.2. The van der Waals surface area contributed by atoms with Crippen molar-refractivity contribution in [3.05, 3.63) is 86.9 Å². The van der Waals surface area contributed by atoms with Crippen molar-refractivity contribution in [3.8, 4) is 17.3 Å². The third-order valence-corrected chi connectivity index (χ3v) is 5.44. The number of benzene rings is 2. The van der Waals surface area contributed by atoms with E-state index >= 15 is 0 Å². The summed E-state index contributed by atoms with van der Waals surface area (Å²) >= 11 is 7.02. The van der Waals surface area contributed by atoms with Gasteiger partial charge in [-0.25, -0.2) is 4.98 Å². The Bertz CT molecular complexity index is 1210. The van der Waals surface area contributed by atoms with Gasteiger partial charge in [-0.3, -0.25) is 4.40 Å². The zero-order valence-electron chi connectivity index (χ0n) is 15.0. The van der Waals surface area contributed by atoms with Gasteiger partial charge in [0.25, 0.3) is 0 Å². The van der Waals surface area contributed by atoms with Gasteiger partial charge in [-0.1, -0.05) is 62.2 Å². The summed E-state index contributed by atoms with van der Waals surface area (Å²) in [6.07, 6.45) is 2.03. The molecular weight excluding hydrogens is 480 g/mol. The van der Waals surface area contributed by atoms with Gasteiger partial charge in [0.2, 0.25) is 0 Å². The second-order valence-electron chi connectivity index (χ2n) is 6.52. The summed E-state index contributed by atoms with van der Waals surface area (Å²) in [5.41, 5.74) is 4.62. The summed E-state index contributed by atoms with van der Waals surface area (Å²) in [7, 11) is 0. The Morgan fingerprint density at radius 2 is 1.79 bits per heavy atom. The fourth-order valence-corrected chi connectivity index (χ4v) is 3.96. The molecule has 0 aliphatic heterocycles. The second kappa shape index (κ2) is 7.78. The highest BCUT2D eigenvalue weighted by Gasteiger charge is 2.19. The topological polar surface area (TPSA) is 53.1 Å². The average molecular weight is 496 g/mol. The average Bonchev–Trinajstić information content (AvgIpc) is 3.03. The Kier molecular flexibility index (Phi) is 5.21. The molecule has 4 nitrogen and oxygen atoms in total. The van der Waals surface area contributed by atoms with Crippen molar-refractivity contribution < 1.29 is 0 Å². The maximum atomic E-state index is 9.84. The van der Waals surface area contributed by atoms with Gasteiger partial charge in [-0.05, 0) is 48.4 Å². The van der Waals surface area contributed by atoms with Crippen LogP contribution in [0.4, 0.5) is 5.82 Å². The van der Waals surface area contributed by atoms with Gasteiger partial charge in [0, 0.05) is 20.7 Å². The fraction of sp³-hybridized carbons (Fsp3) is 0.0909. The molecule has 2 aromatic heterocycles. The van der Waals surface area contributed by atoms with E-state index in [1.54, 1.807) is 0 Å². The zero-order chi connectivity index (χ0) is 19.7. The lowest BCUT2D eigenvalue weighted by Gasteiger charge is -2.15. The van der Waals surface area contributed by atoms with Gasteiger partial charge >= 0.3 is 0 Å². The van der Waals surface area contributed by atoms with Crippen LogP contribution in [0, 0.1) is 18.3 Å². The predicted molar refractivity (Wildman–Crippen MR) is 119 cm³/mol. The van der Waals surface area contributed by atoms with Gasteiger partial charge in [0.15, 0.2) is 0 Å². The summed E-state index contributed by atoms with van der Waals surface area (Å²) in [5.74, 6) is 0.795. The van der Waals surface area contributed by atoms with Gasteiger partial charge in [0.05, 0.1) is 6.07 Å². The van der Waals surface area contributed by atoms with E-state index in [4.69, 9.17) is 4.98 Å². The molecule has 0 saturated heterocycles. The highest BCUT2D eigenvalue weighted by molar-refractivity contribution is 9.10. The van der Waals surface area contributed by atoms with Crippen LogP contribution in [0.3, 0.4) is 0 Å². The molecule has 0 aliphatic rings. The van der Waals surface area contributed by atoms with Crippen LogP contribution in [0.25, 0.3) is 16.9 Å². The molecule has 4 aromatic rings. The van der Waals surface area contributed by atoms with Crippen molar-refractivity contribution in [1.29, 1.82) is 5.26 Å². The van der Waals surface area contributed by atoms with Crippen molar-refractivity contribution in [3.63, 3.8) is 0 Å². The molecule has 0 bridgehead atoms. The van der Waals surface area contributed by atoms with Gasteiger partial charge in [-0.15, -0.1) is 0 Å². The molecule has 1 atom stereocenters. The van der Waals surface area contributed by atoms with Crippen molar-refractivity contribution in [2.75, 3.05) is 5.32 Å². The maximum Gasteiger partial charge on any atom is 0.141 e. The van der Waals surface area contributed by atoms with Crippen LogP contribution in [0.1, 0.15) is 17.2 Å². The molecule has 138 valence electrons. The summed E-state index contributed by atoms with van der Waals surface area (Å²) < 4.78 is 3.93. The Hall–Kier alpha value is -2.62. The summed E-state index contributed by atoms with van der Waals surface area (Å²) in [6, 6.07) is 21.7. The predicted octanol–water partition coefficient (Wildman–Crippen LogP) is 6.51. The number of halogens is 2. The monoisotopic (exact) mass is 494 g/mol. The van der Waals surface area contributed by atoms with E-state index in [0.717, 1.165) is 42.8 Å². The number of nitriles is 1. The van der Waals surface area contributed by atoms with Crippen molar-refractivity contribution in [1.82, 2.24) is 9.38 Å². The number of rotatable bonds is 4. The van der Waals surface area contributed by atoms with Crippen LogP contribution in [0.5, 0.6) is 0 Å². The van der Waals surface area contributed by atoms with E-state index in [9.17, 15) is 5.26 Å². The molecule has 0 spiro atoms. The number of aromatic nitrogens is 2. The van der Waals surface area contributed by atoms with Crippen LogP contribution in [0.15, 0.2) is 75.8 Å². The minimum atomic E-state index is -0.510. The molecule has 0 fully saturated rings. The number of aryl methyl sites for hydroxylation is 1. The molecule has 0 radical (unpaired) electrons. The quantitative estimate of drug-likeness (QED) is 0.351. The van der Waals surface area contributed by atoms with E-state index in [-0.39, 0.29) is 0 Å². The molecule has 6 heteroatoms. The normalized spacial score (nSPS) is 11.9. The number of nitrogens with zero attached hydrogens (tertiary/aromatic N) is 3. The SMILES string of the molecule is Cc1ccc2nc(-c3cccc(Br)c3)c(NC(C#N)c3cccc(Br)c3)n2c1. The number of hydrogen-bond acceptors (Lipinski definition) is 3. The minimum absolute atomic E-state index is 0.510. The number of anilines is 1. The second-order valence-corrected chi connectivity index (χ2v) is 8.35. The zero-order valence-corrected chi connectivity index (χ0v) is 18.2. The Labute approximate surface area is 180 Å². The van der Waals surface area contributed by atoms with Crippen molar-refractivity contribution >= 4 is 43.3 Å². The van der Waals surface area contributed by atoms with Gasteiger partial charge < -0.3 is 5.32 Å².